The van der Waals surface area contributed by atoms with Gasteiger partial charge in [0.1, 0.15) is 11.5 Å². The van der Waals surface area contributed by atoms with E-state index < -0.39 is 18.0 Å². The van der Waals surface area contributed by atoms with E-state index in [2.05, 4.69) is 4.99 Å². The fourth-order valence-electron chi connectivity index (χ4n) is 4.64. The van der Waals surface area contributed by atoms with E-state index in [0.29, 0.717) is 32.1 Å². The van der Waals surface area contributed by atoms with Gasteiger partial charge >= 0.3 is 11.9 Å². The van der Waals surface area contributed by atoms with Crippen LogP contribution < -0.4 is 29.1 Å². The number of ether oxygens (including phenoxy) is 4. The molecule has 0 fully saturated rings. The summed E-state index contributed by atoms with van der Waals surface area (Å²) in [5.41, 5.74) is 1.67. The summed E-state index contributed by atoms with van der Waals surface area (Å²) in [7, 11) is 1.44. The van der Waals surface area contributed by atoms with Crippen LogP contribution in [0.5, 0.6) is 23.0 Å². The first kappa shape index (κ1) is 28.6. The second-order valence-electron chi connectivity index (χ2n) is 9.29. The summed E-state index contributed by atoms with van der Waals surface area (Å²) in [6, 6.07) is 20.9. The smallest absolute Gasteiger partial charge is 0.338 e. The molecule has 214 valence electrons. The van der Waals surface area contributed by atoms with Gasteiger partial charge in [0.05, 0.1) is 35.6 Å². The molecule has 0 amide bonds. The van der Waals surface area contributed by atoms with Crippen molar-refractivity contribution in [3.05, 3.63) is 115 Å². The quantitative estimate of drug-likeness (QED) is 0.221. The molecule has 1 unspecified atom stereocenters. The predicted molar refractivity (Wildman–Crippen MR) is 158 cm³/mol. The minimum atomic E-state index is -0.851. The number of para-hydroxylation sites is 1. The molecule has 5 rings (SSSR count). The SMILES string of the molecule is CCOC(=O)C1=C(C)N=c2s/c(=C/c3cccc(Oc4ccccc4)c3)c(=O)n2C1c1ccc(OC(C)=O)c(OC)c1. The Morgan fingerprint density at radius 1 is 1.00 bits per heavy atom. The molecule has 0 spiro atoms. The van der Waals surface area contributed by atoms with Gasteiger partial charge in [-0.3, -0.25) is 14.2 Å². The number of rotatable bonds is 8. The molecule has 1 atom stereocenters. The van der Waals surface area contributed by atoms with E-state index in [1.165, 1.54) is 29.9 Å². The molecule has 2 heterocycles. The molecule has 1 aliphatic rings. The van der Waals surface area contributed by atoms with Crippen LogP contribution in [0.3, 0.4) is 0 Å². The fourth-order valence-corrected chi connectivity index (χ4v) is 5.69. The van der Waals surface area contributed by atoms with E-state index in [1.54, 1.807) is 38.1 Å². The Kier molecular flexibility index (Phi) is 8.35. The highest BCUT2D eigenvalue weighted by atomic mass is 32.1. The molecule has 0 bridgehead atoms. The van der Waals surface area contributed by atoms with Gasteiger partial charge in [-0.05, 0) is 67.4 Å². The molecular formula is C32H28N2O7S. The van der Waals surface area contributed by atoms with Gasteiger partial charge in [0.2, 0.25) is 0 Å². The van der Waals surface area contributed by atoms with Gasteiger partial charge in [-0.15, -0.1) is 0 Å². The minimum absolute atomic E-state index is 0.156. The van der Waals surface area contributed by atoms with Gasteiger partial charge in [-0.1, -0.05) is 47.7 Å². The summed E-state index contributed by atoms with van der Waals surface area (Å²) in [6.07, 6.45) is 1.77. The Labute approximate surface area is 245 Å². The number of allylic oxidation sites excluding steroid dienone is 1. The molecule has 0 saturated heterocycles. The van der Waals surface area contributed by atoms with Gasteiger partial charge in [0.15, 0.2) is 16.3 Å². The zero-order valence-corrected chi connectivity index (χ0v) is 24.3. The fraction of sp³-hybridized carbons (Fsp3) is 0.188. The lowest BCUT2D eigenvalue weighted by Gasteiger charge is -2.25. The standard InChI is InChI=1S/C32H28N2O7S/c1-5-39-31(37)28-19(2)33-32-34(29(28)22-14-15-25(40-20(3)35)26(18-22)38-4)30(36)27(42-32)17-21-10-9-13-24(16-21)41-23-11-7-6-8-12-23/h6-18,29H,5H2,1-4H3/b27-17+. The molecule has 42 heavy (non-hydrogen) atoms. The predicted octanol–water partition coefficient (Wildman–Crippen LogP) is 4.52. The van der Waals surface area contributed by atoms with Gasteiger partial charge in [-0.25, -0.2) is 9.79 Å². The van der Waals surface area contributed by atoms with Crippen LogP contribution in [0, 0.1) is 0 Å². The normalized spacial score (nSPS) is 14.6. The first-order chi connectivity index (χ1) is 20.3. The number of fused-ring (bicyclic) bond motifs is 1. The highest BCUT2D eigenvalue weighted by Crippen LogP contribution is 2.36. The van der Waals surface area contributed by atoms with Gasteiger partial charge in [0, 0.05) is 6.92 Å². The Morgan fingerprint density at radius 3 is 2.48 bits per heavy atom. The number of benzene rings is 3. The van der Waals surface area contributed by atoms with Crippen molar-refractivity contribution in [3.8, 4) is 23.0 Å². The molecule has 0 saturated carbocycles. The zero-order chi connectivity index (χ0) is 29.8. The maximum atomic E-state index is 14.0. The number of esters is 2. The van der Waals surface area contributed by atoms with Crippen molar-refractivity contribution in [3.63, 3.8) is 0 Å². The molecule has 0 N–H and O–H groups in total. The van der Waals surface area contributed by atoms with Crippen molar-refractivity contribution in [1.82, 2.24) is 4.57 Å². The Morgan fingerprint density at radius 2 is 1.76 bits per heavy atom. The summed E-state index contributed by atoms with van der Waals surface area (Å²) >= 11 is 1.22. The summed E-state index contributed by atoms with van der Waals surface area (Å²) in [4.78, 5) is 43.8. The Bertz CT molecular complexity index is 1870. The molecule has 3 aromatic carbocycles. The third-order valence-corrected chi connectivity index (χ3v) is 7.39. The molecule has 10 heteroatoms. The number of aromatic nitrogens is 1. The number of carbonyl (C=O) groups is 2. The number of hydrogen-bond acceptors (Lipinski definition) is 9. The molecular weight excluding hydrogens is 556 g/mol. The largest absolute Gasteiger partial charge is 0.493 e. The van der Waals surface area contributed by atoms with E-state index in [-0.39, 0.29) is 29.2 Å². The van der Waals surface area contributed by atoms with E-state index in [1.807, 2.05) is 54.6 Å². The van der Waals surface area contributed by atoms with Crippen molar-refractivity contribution >= 4 is 29.4 Å². The highest BCUT2D eigenvalue weighted by molar-refractivity contribution is 7.07. The molecule has 1 aromatic heterocycles. The number of methoxy groups -OCH3 is 1. The lowest BCUT2D eigenvalue weighted by molar-refractivity contribution is -0.139. The maximum Gasteiger partial charge on any atom is 0.338 e. The lowest BCUT2D eigenvalue weighted by atomic mass is 9.95. The summed E-state index contributed by atoms with van der Waals surface area (Å²) in [5.74, 6) is 0.740. The van der Waals surface area contributed by atoms with Crippen molar-refractivity contribution in [2.45, 2.75) is 26.8 Å². The van der Waals surface area contributed by atoms with Crippen LogP contribution in [0.15, 0.2) is 93.9 Å². The maximum absolute atomic E-state index is 14.0. The van der Waals surface area contributed by atoms with Gasteiger partial charge < -0.3 is 18.9 Å². The van der Waals surface area contributed by atoms with Crippen LogP contribution in [0.1, 0.15) is 37.9 Å². The van der Waals surface area contributed by atoms with Crippen molar-refractivity contribution < 1.29 is 28.5 Å². The topological polar surface area (TPSA) is 105 Å². The number of carbonyl (C=O) groups excluding carboxylic acids is 2. The van der Waals surface area contributed by atoms with Crippen molar-refractivity contribution in [2.24, 2.45) is 4.99 Å². The van der Waals surface area contributed by atoms with E-state index >= 15 is 0 Å². The summed E-state index contributed by atoms with van der Waals surface area (Å²) in [5, 5.41) is 0. The second-order valence-corrected chi connectivity index (χ2v) is 10.3. The average Bonchev–Trinajstić information content (AvgIpc) is 3.27. The van der Waals surface area contributed by atoms with E-state index in [0.717, 1.165) is 5.56 Å². The molecule has 1 aliphatic heterocycles. The van der Waals surface area contributed by atoms with Crippen LogP contribution >= 0.6 is 11.3 Å². The summed E-state index contributed by atoms with van der Waals surface area (Å²) < 4.78 is 24.0. The number of nitrogens with zero attached hydrogens (tertiary/aromatic N) is 2. The van der Waals surface area contributed by atoms with Gasteiger partial charge in [-0.2, -0.15) is 0 Å². The third kappa shape index (κ3) is 5.89. The van der Waals surface area contributed by atoms with Gasteiger partial charge in [0.25, 0.3) is 5.56 Å². The molecule has 4 aromatic rings. The Balaban J connectivity index is 1.63. The number of hydrogen-bond donors (Lipinski definition) is 0. The number of thiazole rings is 1. The molecule has 0 aliphatic carbocycles. The van der Waals surface area contributed by atoms with Crippen LogP contribution in [0.4, 0.5) is 0 Å². The first-order valence-corrected chi connectivity index (χ1v) is 14.0. The Hall–Kier alpha value is -4.96. The minimum Gasteiger partial charge on any atom is -0.493 e. The van der Waals surface area contributed by atoms with Crippen LogP contribution in [0.2, 0.25) is 0 Å². The van der Waals surface area contributed by atoms with Crippen LogP contribution in [-0.4, -0.2) is 30.2 Å². The monoisotopic (exact) mass is 584 g/mol. The van der Waals surface area contributed by atoms with Crippen LogP contribution in [-0.2, 0) is 14.3 Å². The van der Waals surface area contributed by atoms with Crippen LogP contribution in [0.25, 0.3) is 6.08 Å². The average molecular weight is 585 g/mol. The zero-order valence-electron chi connectivity index (χ0n) is 23.5. The highest BCUT2D eigenvalue weighted by Gasteiger charge is 2.34. The second kappa shape index (κ2) is 12.3. The molecule has 0 radical (unpaired) electrons. The van der Waals surface area contributed by atoms with E-state index in [4.69, 9.17) is 18.9 Å². The first-order valence-electron chi connectivity index (χ1n) is 13.2. The van der Waals surface area contributed by atoms with Crippen molar-refractivity contribution in [1.29, 1.82) is 0 Å². The van der Waals surface area contributed by atoms with Crippen molar-refractivity contribution in [2.75, 3.05) is 13.7 Å². The van der Waals surface area contributed by atoms with E-state index in [9.17, 15) is 14.4 Å². The lowest BCUT2D eigenvalue weighted by Crippen LogP contribution is -2.40. The third-order valence-electron chi connectivity index (χ3n) is 6.41. The molecule has 9 nitrogen and oxygen atoms in total. The summed E-state index contributed by atoms with van der Waals surface area (Å²) in [6.45, 7) is 4.87.